The highest BCUT2D eigenvalue weighted by molar-refractivity contribution is 6.12. The van der Waals surface area contributed by atoms with Crippen LogP contribution in [0.15, 0.2) is 30.5 Å². The smallest absolute Gasteiger partial charge is 0.303 e. The molecule has 59 heavy (non-hydrogen) atoms. The van der Waals surface area contributed by atoms with E-state index in [4.69, 9.17) is 22.3 Å². The van der Waals surface area contributed by atoms with E-state index in [1.807, 2.05) is 13.8 Å². The van der Waals surface area contributed by atoms with Gasteiger partial charge in [-0.25, -0.2) is 0 Å². The maximum absolute atomic E-state index is 14.0. The number of Topliss-reactive ketones (excluding diaryl/α,β-unsaturated/α-hetero) is 1. The highest BCUT2D eigenvalue weighted by atomic mass is 16.4. The molecule has 0 spiro atoms. The fourth-order valence-electron chi connectivity index (χ4n) is 6.47. The molecule has 0 unspecified atom stereocenters. The van der Waals surface area contributed by atoms with E-state index >= 15 is 0 Å². The molecular weight excluding hydrogens is 768 g/mol. The summed E-state index contributed by atoms with van der Waals surface area (Å²) in [5, 5.41) is 22.3. The van der Waals surface area contributed by atoms with E-state index in [1.54, 1.807) is 13.8 Å². The van der Waals surface area contributed by atoms with Crippen LogP contribution in [0.25, 0.3) is 0 Å². The number of hydrogen-bond acceptors (Lipinski definition) is 13. The van der Waals surface area contributed by atoms with Crippen molar-refractivity contribution >= 4 is 53.5 Å². The van der Waals surface area contributed by atoms with Crippen molar-refractivity contribution in [3.63, 3.8) is 0 Å². The normalized spacial score (nSPS) is 16.9. The Morgan fingerprint density at radius 2 is 1.51 bits per heavy atom. The number of aldehydes is 1. The van der Waals surface area contributed by atoms with Gasteiger partial charge in [0.05, 0.1) is 19.1 Å². The Morgan fingerprint density at radius 3 is 2.10 bits per heavy atom. The Hall–Kier alpha value is -5.31. The van der Waals surface area contributed by atoms with Gasteiger partial charge in [0, 0.05) is 32.3 Å². The van der Waals surface area contributed by atoms with Crippen molar-refractivity contribution in [3.05, 3.63) is 36.2 Å². The second kappa shape index (κ2) is 24.6. The topological polar surface area (TPSA) is 320 Å². The first-order chi connectivity index (χ1) is 27.9. The van der Waals surface area contributed by atoms with Crippen LogP contribution in [0.1, 0.15) is 87.9 Å². The summed E-state index contributed by atoms with van der Waals surface area (Å²) in [6.07, 6.45) is 5.63. The van der Waals surface area contributed by atoms with Gasteiger partial charge in [-0.3, -0.25) is 47.7 Å². The van der Waals surface area contributed by atoms with E-state index in [0.29, 0.717) is 38.8 Å². The molecule has 1 aromatic heterocycles. The number of nitrogens with two attached hydrogens (primary N) is 3. The molecule has 0 radical (unpaired) electrons. The Labute approximate surface area is 344 Å². The first-order valence-electron chi connectivity index (χ1n) is 19.9. The molecule has 0 saturated carbocycles. The van der Waals surface area contributed by atoms with Crippen LogP contribution in [0.3, 0.4) is 0 Å². The number of amides is 5. The van der Waals surface area contributed by atoms with Gasteiger partial charge in [0.15, 0.2) is 17.6 Å². The standard InChI is InChI=1S/C39H62N10O10/c1-24(2)19-28(47-35(56)27(11-12-33(53)54)45-32(52)21-41)37(58)48-17-7-10-30(48)36(57)44-22-31(51)39(23-50)13-8-18-49(39)38(59)29(20-25(3)4)46-34(55)26(42)9-5-6-15-43-16-14-40/h7-8,10,13,17,23-29,43H,5-6,9,11-12,14-16,18-22,40-42H2,1-4H3,(H,44,57)(H,45,52)(H,46,55)(H,47,56)(H,53,54)/t26-,27-,28-,29-,39-/m0/s1. The van der Waals surface area contributed by atoms with E-state index in [2.05, 4.69) is 26.6 Å². The number of ketones is 1. The number of carbonyl (C=O) groups is 9. The largest absolute Gasteiger partial charge is 0.481 e. The first kappa shape index (κ1) is 49.8. The van der Waals surface area contributed by atoms with Gasteiger partial charge in [-0.05, 0) is 68.7 Å². The lowest BCUT2D eigenvalue weighted by Gasteiger charge is -2.35. The molecule has 5 amide bonds. The Kier molecular flexibility index (Phi) is 20.8. The van der Waals surface area contributed by atoms with Crippen molar-refractivity contribution in [2.75, 3.05) is 39.3 Å². The van der Waals surface area contributed by atoms with Gasteiger partial charge in [0.2, 0.25) is 23.6 Å². The third-order valence-corrected chi connectivity index (χ3v) is 9.53. The summed E-state index contributed by atoms with van der Waals surface area (Å²) < 4.78 is 0.974. The highest BCUT2D eigenvalue weighted by Gasteiger charge is 2.48. The Morgan fingerprint density at radius 1 is 0.864 bits per heavy atom. The monoisotopic (exact) mass is 830 g/mol. The number of carboxylic acid groups (broad SMARTS) is 1. The van der Waals surface area contributed by atoms with Crippen LogP contribution >= 0.6 is 0 Å². The molecule has 1 aliphatic rings. The molecule has 5 atom stereocenters. The van der Waals surface area contributed by atoms with E-state index in [1.165, 1.54) is 30.5 Å². The number of unbranched alkanes of at least 4 members (excludes halogenated alkanes) is 1. The van der Waals surface area contributed by atoms with E-state index in [-0.39, 0.29) is 43.3 Å². The fourth-order valence-corrected chi connectivity index (χ4v) is 6.47. The zero-order valence-corrected chi connectivity index (χ0v) is 34.4. The summed E-state index contributed by atoms with van der Waals surface area (Å²) in [6.45, 7) is 7.83. The van der Waals surface area contributed by atoms with Crippen molar-refractivity contribution < 1.29 is 48.3 Å². The van der Waals surface area contributed by atoms with Crippen LogP contribution < -0.4 is 43.8 Å². The molecule has 20 heteroatoms. The summed E-state index contributed by atoms with van der Waals surface area (Å²) in [5.74, 6) is -6.72. The molecule has 2 rings (SSSR count). The summed E-state index contributed by atoms with van der Waals surface area (Å²) in [6, 6.07) is -1.87. The number of aromatic nitrogens is 1. The summed E-state index contributed by atoms with van der Waals surface area (Å²) in [7, 11) is 0. The van der Waals surface area contributed by atoms with Crippen LogP contribution in [0.2, 0.25) is 0 Å². The zero-order valence-electron chi connectivity index (χ0n) is 34.4. The number of nitrogens with one attached hydrogen (secondary N) is 5. The van der Waals surface area contributed by atoms with Crippen LogP contribution in [-0.2, 0) is 33.6 Å². The number of hydrogen-bond donors (Lipinski definition) is 9. The Bertz CT molecular complexity index is 1680. The zero-order chi connectivity index (χ0) is 44.3. The predicted octanol–water partition coefficient (Wildman–Crippen LogP) is -1.82. The molecule has 0 saturated heterocycles. The second-order valence-corrected chi connectivity index (χ2v) is 15.3. The fraction of sp³-hybridized carbons (Fsp3) is 0.615. The number of rotatable bonds is 27. The van der Waals surface area contributed by atoms with Gasteiger partial charge in [-0.2, -0.15) is 0 Å². The molecule has 0 aromatic carbocycles. The molecule has 2 heterocycles. The summed E-state index contributed by atoms with van der Waals surface area (Å²) >= 11 is 0. The number of aliphatic carboxylic acids is 1. The second-order valence-electron chi connectivity index (χ2n) is 15.3. The van der Waals surface area contributed by atoms with Crippen molar-refractivity contribution in [2.24, 2.45) is 29.0 Å². The number of carboxylic acids is 1. The van der Waals surface area contributed by atoms with Crippen molar-refractivity contribution in [1.82, 2.24) is 36.1 Å². The third kappa shape index (κ3) is 15.1. The molecule has 328 valence electrons. The van der Waals surface area contributed by atoms with E-state index in [9.17, 15) is 43.2 Å². The van der Waals surface area contributed by atoms with Gasteiger partial charge < -0.3 is 53.8 Å². The van der Waals surface area contributed by atoms with E-state index < -0.39 is 96.4 Å². The lowest BCUT2D eigenvalue weighted by Crippen LogP contribution is -2.62. The van der Waals surface area contributed by atoms with Crippen molar-refractivity contribution in [3.8, 4) is 0 Å². The molecule has 20 nitrogen and oxygen atoms in total. The maximum Gasteiger partial charge on any atom is 0.303 e. The van der Waals surface area contributed by atoms with E-state index in [0.717, 1.165) is 15.9 Å². The number of carbonyl (C=O) groups excluding carboxylic acids is 8. The molecule has 1 aliphatic heterocycles. The molecule has 0 fully saturated rings. The van der Waals surface area contributed by atoms with Gasteiger partial charge in [0.25, 0.3) is 11.8 Å². The molecule has 12 N–H and O–H groups in total. The van der Waals surface area contributed by atoms with Crippen molar-refractivity contribution in [2.45, 2.75) is 102 Å². The summed E-state index contributed by atoms with van der Waals surface area (Å²) in [5.41, 5.74) is 14.7. The minimum absolute atomic E-state index is 0.0759. The number of nitrogens with zero attached hydrogens (tertiary/aromatic N) is 2. The average Bonchev–Trinajstić information content (AvgIpc) is 3.87. The molecular formula is C39H62N10O10. The quantitative estimate of drug-likeness (QED) is 0.0204. The van der Waals surface area contributed by atoms with Gasteiger partial charge in [-0.15, -0.1) is 0 Å². The molecule has 0 aliphatic carbocycles. The van der Waals surface area contributed by atoms with Gasteiger partial charge in [-0.1, -0.05) is 40.2 Å². The van der Waals surface area contributed by atoms with Crippen LogP contribution in [0, 0.1) is 11.8 Å². The summed E-state index contributed by atoms with van der Waals surface area (Å²) in [4.78, 5) is 118. The lowest BCUT2D eigenvalue weighted by molar-refractivity contribution is -0.147. The minimum Gasteiger partial charge on any atom is -0.481 e. The SMILES string of the molecule is CC(C)C[C@H](NC(=O)[C@@H](N)CCCCNCCN)C(=O)N1CC=C[C@]1(C=O)C(=O)CNC(=O)c1cccn1C(=O)[C@H](CC(C)C)NC(=O)[C@H](CCC(=O)O)NC(=O)CN. The van der Waals surface area contributed by atoms with Gasteiger partial charge >= 0.3 is 5.97 Å². The van der Waals surface area contributed by atoms with Gasteiger partial charge in [0.1, 0.15) is 23.8 Å². The molecule has 0 bridgehead atoms. The predicted molar refractivity (Wildman–Crippen MR) is 216 cm³/mol. The van der Waals surface area contributed by atoms with Crippen LogP contribution in [0.5, 0.6) is 0 Å². The van der Waals surface area contributed by atoms with Crippen molar-refractivity contribution in [1.29, 1.82) is 0 Å². The Balaban J connectivity index is 2.22. The highest BCUT2D eigenvalue weighted by Crippen LogP contribution is 2.25. The van der Waals surface area contributed by atoms with Crippen LogP contribution in [-0.4, -0.2) is 137 Å². The average molecular weight is 831 g/mol. The third-order valence-electron chi connectivity index (χ3n) is 9.53. The minimum atomic E-state index is -2.11. The van der Waals surface area contributed by atoms with Crippen LogP contribution in [0.4, 0.5) is 0 Å². The molecule has 1 aromatic rings. The lowest BCUT2D eigenvalue weighted by atomic mass is 9.93. The first-order valence-corrected chi connectivity index (χ1v) is 19.9. The maximum atomic E-state index is 14.0.